The fourth-order valence-corrected chi connectivity index (χ4v) is 3.49. The summed E-state index contributed by atoms with van der Waals surface area (Å²) in [6.45, 7) is 7.71. The molecular weight excluding hydrogens is 352 g/mol. The Morgan fingerprint density at radius 1 is 1.15 bits per heavy atom. The highest BCUT2D eigenvalue weighted by Crippen LogP contribution is 2.27. The maximum absolute atomic E-state index is 12.8. The van der Waals surface area contributed by atoms with Crippen LogP contribution in [0.2, 0.25) is 0 Å². The minimum Gasteiger partial charge on any atom is -0.492 e. The van der Waals surface area contributed by atoms with Crippen molar-refractivity contribution in [2.24, 2.45) is 0 Å². The first-order chi connectivity index (χ1) is 12.2. The van der Waals surface area contributed by atoms with Gasteiger partial charge in [0.25, 0.3) is 15.9 Å². The lowest BCUT2D eigenvalue weighted by Gasteiger charge is -2.14. The van der Waals surface area contributed by atoms with Crippen LogP contribution in [0.15, 0.2) is 47.4 Å². The van der Waals surface area contributed by atoms with Gasteiger partial charge in [-0.3, -0.25) is 9.52 Å². The van der Waals surface area contributed by atoms with Crippen molar-refractivity contribution in [1.29, 1.82) is 0 Å². The molecule has 0 spiro atoms. The van der Waals surface area contributed by atoms with Crippen LogP contribution in [0.5, 0.6) is 5.75 Å². The van der Waals surface area contributed by atoms with Gasteiger partial charge < -0.3 is 10.1 Å². The largest absolute Gasteiger partial charge is 0.492 e. The van der Waals surface area contributed by atoms with Gasteiger partial charge >= 0.3 is 0 Å². The zero-order valence-electron chi connectivity index (χ0n) is 15.4. The van der Waals surface area contributed by atoms with Crippen LogP contribution in [0, 0.1) is 6.92 Å². The molecule has 7 heteroatoms. The number of benzene rings is 2. The second-order valence-corrected chi connectivity index (χ2v) is 7.82. The first-order valence-corrected chi connectivity index (χ1v) is 9.89. The molecule has 2 N–H and O–H groups in total. The Morgan fingerprint density at radius 3 is 2.50 bits per heavy atom. The Labute approximate surface area is 154 Å². The van der Waals surface area contributed by atoms with Crippen LogP contribution in [-0.2, 0) is 10.0 Å². The Morgan fingerprint density at radius 2 is 1.85 bits per heavy atom. The first kappa shape index (κ1) is 19.8. The molecule has 0 saturated carbocycles. The SMILES string of the molecule is CCOc1ccccc1NS(=O)(=O)c1ccc(C)c(C(=O)NC(C)C)c1. The van der Waals surface area contributed by atoms with Crippen molar-refractivity contribution in [3.8, 4) is 5.75 Å². The third kappa shape index (κ3) is 4.76. The maximum Gasteiger partial charge on any atom is 0.262 e. The molecule has 2 aromatic rings. The molecule has 0 aliphatic heterocycles. The molecule has 0 radical (unpaired) electrons. The average molecular weight is 376 g/mol. The van der Waals surface area contributed by atoms with E-state index in [4.69, 9.17) is 4.74 Å². The molecular formula is C19H24N2O4S. The Kier molecular flexibility index (Phi) is 6.26. The van der Waals surface area contributed by atoms with Gasteiger partial charge in [-0.2, -0.15) is 0 Å². The Balaban J connectivity index is 2.37. The molecule has 26 heavy (non-hydrogen) atoms. The summed E-state index contributed by atoms with van der Waals surface area (Å²) in [7, 11) is -3.87. The highest BCUT2D eigenvalue weighted by atomic mass is 32.2. The summed E-state index contributed by atoms with van der Waals surface area (Å²) >= 11 is 0. The normalized spacial score (nSPS) is 11.3. The molecule has 140 valence electrons. The quantitative estimate of drug-likeness (QED) is 0.776. The van der Waals surface area contributed by atoms with E-state index >= 15 is 0 Å². The lowest BCUT2D eigenvalue weighted by atomic mass is 10.1. The molecule has 6 nitrogen and oxygen atoms in total. The average Bonchev–Trinajstić information content (AvgIpc) is 2.56. The van der Waals surface area contributed by atoms with Gasteiger partial charge in [-0.25, -0.2) is 8.42 Å². The van der Waals surface area contributed by atoms with Gasteiger partial charge in [-0.15, -0.1) is 0 Å². The topological polar surface area (TPSA) is 84.5 Å². The standard InChI is InChI=1S/C19H24N2O4S/c1-5-25-18-9-7-6-8-17(18)21-26(23,24)15-11-10-14(4)16(12-15)19(22)20-13(2)3/h6-13,21H,5H2,1-4H3,(H,20,22). The number of nitrogens with one attached hydrogen (secondary N) is 2. The van der Waals surface area contributed by atoms with Crippen LogP contribution in [0.25, 0.3) is 0 Å². The zero-order valence-corrected chi connectivity index (χ0v) is 16.2. The van der Waals surface area contributed by atoms with Crippen molar-refractivity contribution in [2.45, 2.75) is 38.6 Å². The molecule has 0 aliphatic carbocycles. The van der Waals surface area contributed by atoms with Gasteiger partial charge in [0.1, 0.15) is 5.75 Å². The van der Waals surface area contributed by atoms with Crippen LogP contribution in [-0.4, -0.2) is 27.0 Å². The molecule has 2 rings (SSSR count). The molecule has 0 aliphatic rings. The van der Waals surface area contributed by atoms with Crippen molar-refractivity contribution in [3.05, 3.63) is 53.6 Å². The van der Waals surface area contributed by atoms with Crippen LogP contribution >= 0.6 is 0 Å². The second-order valence-electron chi connectivity index (χ2n) is 6.14. The summed E-state index contributed by atoms with van der Waals surface area (Å²) in [5.74, 6) is 0.146. The van der Waals surface area contributed by atoms with Crippen LogP contribution < -0.4 is 14.8 Å². The summed E-state index contributed by atoms with van der Waals surface area (Å²) in [6, 6.07) is 11.3. The molecule has 0 heterocycles. The lowest BCUT2D eigenvalue weighted by Crippen LogP contribution is -2.30. The Bertz CT molecular complexity index is 892. The second kappa shape index (κ2) is 8.23. The number of para-hydroxylation sites is 2. The predicted octanol–water partition coefficient (Wildman–Crippen LogP) is 3.33. The number of aryl methyl sites for hydroxylation is 1. The number of amides is 1. The lowest BCUT2D eigenvalue weighted by molar-refractivity contribution is 0.0942. The van der Waals surface area contributed by atoms with Gasteiger partial charge in [0, 0.05) is 11.6 Å². The number of hydrogen-bond acceptors (Lipinski definition) is 4. The van der Waals surface area contributed by atoms with E-state index in [2.05, 4.69) is 10.0 Å². The van der Waals surface area contributed by atoms with Crippen molar-refractivity contribution < 1.29 is 17.9 Å². The number of sulfonamides is 1. The number of ether oxygens (including phenoxy) is 1. The molecule has 1 amide bonds. The first-order valence-electron chi connectivity index (χ1n) is 8.40. The molecule has 0 aromatic heterocycles. The van der Waals surface area contributed by atoms with E-state index in [0.717, 1.165) is 0 Å². The van der Waals surface area contributed by atoms with Gasteiger partial charge in [-0.1, -0.05) is 18.2 Å². The number of carbonyl (C=O) groups excluding carboxylic acids is 1. The van der Waals surface area contributed by atoms with Crippen molar-refractivity contribution >= 4 is 21.6 Å². The van der Waals surface area contributed by atoms with Crippen molar-refractivity contribution in [1.82, 2.24) is 5.32 Å². The predicted molar refractivity (Wildman–Crippen MR) is 102 cm³/mol. The van der Waals surface area contributed by atoms with E-state index in [-0.39, 0.29) is 16.8 Å². The fourth-order valence-electron chi connectivity index (χ4n) is 2.39. The van der Waals surface area contributed by atoms with Gasteiger partial charge in [0.05, 0.1) is 17.2 Å². The fraction of sp³-hybridized carbons (Fsp3) is 0.316. The zero-order chi connectivity index (χ0) is 19.3. The van der Waals surface area contributed by atoms with E-state index in [1.807, 2.05) is 20.8 Å². The summed E-state index contributed by atoms with van der Waals surface area (Å²) in [4.78, 5) is 12.3. The van der Waals surface area contributed by atoms with Crippen LogP contribution in [0.4, 0.5) is 5.69 Å². The Hall–Kier alpha value is -2.54. The molecule has 2 aromatic carbocycles. The smallest absolute Gasteiger partial charge is 0.262 e. The van der Waals surface area contributed by atoms with E-state index in [9.17, 15) is 13.2 Å². The van der Waals surface area contributed by atoms with Crippen LogP contribution in [0.1, 0.15) is 36.7 Å². The van der Waals surface area contributed by atoms with Gasteiger partial charge in [0.2, 0.25) is 0 Å². The molecule has 0 atom stereocenters. The monoisotopic (exact) mass is 376 g/mol. The molecule has 0 saturated heterocycles. The summed E-state index contributed by atoms with van der Waals surface area (Å²) in [5, 5.41) is 2.78. The third-order valence-electron chi connectivity index (χ3n) is 3.61. The highest BCUT2D eigenvalue weighted by Gasteiger charge is 2.20. The number of anilines is 1. The van der Waals surface area contributed by atoms with E-state index < -0.39 is 10.0 Å². The minimum atomic E-state index is -3.87. The highest BCUT2D eigenvalue weighted by molar-refractivity contribution is 7.92. The number of carbonyl (C=O) groups is 1. The van der Waals surface area contributed by atoms with E-state index in [0.29, 0.717) is 29.2 Å². The number of hydrogen-bond donors (Lipinski definition) is 2. The van der Waals surface area contributed by atoms with E-state index in [1.165, 1.54) is 12.1 Å². The molecule has 0 fully saturated rings. The summed E-state index contributed by atoms with van der Waals surface area (Å²) in [5.41, 5.74) is 1.39. The maximum atomic E-state index is 12.8. The number of rotatable bonds is 7. The molecule has 0 bridgehead atoms. The summed E-state index contributed by atoms with van der Waals surface area (Å²) in [6.07, 6.45) is 0. The van der Waals surface area contributed by atoms with Crippen LogP contribution in [0.3, 0.4) is 0 Å². The molecule has 0 unspecified atom stereocenters. The van der Waals surface area contributed by atoms with E-state index in [1.54, 1.807) is 37.3 Å². The van der Waals surface area contributed by atoms with Crippen molar-refractivity contribution in [3.63, 3.8) is 0 Å². The van der Waals surface area contributed by atoms with Crippen molar-refractivity contribution in [2.75, 3.05) is 11.3 Å². The third-order valence-corrected chi connectivity index (χ3v) is 4.98. The minimum absolute atomic E-state index is 0.0170. The van der Waals surface area contributed by atoms with Gasteiger partial charge in [0.15, 0.2) is 0 Å². The summed E-state index contributed by atoms with van der Waals surface area (Å²) < 4.78 is 33.5. The van der Waals surface area contributed by atoms with Gasteiger partial charge in [-0.05, 0) is 57.5 Å².